The fourth-order valence-corrected chi connectivity index (χ4v) is 1.23. The van der Waals surface area contributed by atoms with Crippen molar-refractivity contribution in [2.24, 2.45) is 0 Å². The topological polar surface area (TPSA) is 20.2 Å². The van der Waals surface area contributed by atoms with Crippen LogP contribution >= 0.6 is 15.9 Å². The van der Waals surface area contributed by atoms with E-state index in [2.05, 4.69) is 15.9 Å². The maximum Gasteiger partial charge on any atom is 0.123 e. The molecule has 0 saturated heterocycles. The van der Waals surface area contributed by atoms with Crippen molar-refractivity contribution in [1.82, 2.24) is 0 Å². The summed E-state index contributed by atoms with van der Waals surface area (Å²) in [6, 6.07) is 5.52. The van der Waals surface area contributed by atoms with Crippen molar-refractivity contribution < 1.29 is 5.11 Å². The average Bonchev–Trinajstić information content (AvgIpc) is 2.04. The first-order valence-corrected chi connectivity index (χ1v) is 4.89. The molecule has 1 nitrogen and oxygen atoms in total. The molecule has 1 aromatic rings. The molecule has 0 aromatic heterocycles. The van der Waals surface area contributed by atoms with Gasteiger partial charge in [0.2, 0.25) is 0 Å². The molecule has 2 heteroatoms. The maximum absolute atomic E-state index is 9.45. The monoisotopic (exact) mass is 226 g/mol. The van der Waals surface area contributed by atoms with Crippen molar-refractivity contribution in [2.45, 2.75) is 6.92 Å². The minimum Gasteiger partial charge on any atom is -0.507 e. The third-order valence-corrected chi connectivity index (χ3v) is 2.05. The Hall–Kier alpha value is -0.760. The highest BCUT2D eigenvalue weighted by Crippen LogP contribution is 2.21. The quantitative estimate of drug-likeness (QED) is 0.769. The Morgan fingerprint density at radius 2 is 2.25 bits per heavy atom. The highest BCUT2D eigenvalue weighted by atomic mass is 79.9. The molecule has 0 aliphatic carbocycles. The van der Waals surface area contributed by atoms with Crippen molar-refractivity contribution in [3.8, 4) is 5.75 Å². The number of alkyl halides is 1. The first kappa shape index (κ1) is 9.33. The van der Waals surface area contributed by atoms with E-state index in [1.54, 1.807) is 6.07 Å². The molecule has 0 saturated carbocycles. The second-order valence-electron chi connectivity index (χ2n) is 2.56. The van der Waals surface area contributed by atoms with Gasteiger partial charge in [0.25, 0.3) is 0 Å². The zero-order valence-corrected chi connectivity index (χ0v) is 8.51. The lowest BCUT2D eigenvalue weighted by molar-refractivity contribution is 0.473. The summed E-state index contributed by atoms with van der Waals surface area (Å²) in [5.41, 5.74) is 1.99. The fourth-order valence-electron chi connectivity index (χ4n) is 1.04. The predicted octanol–water partition coefficient (Wildman–Crippen LogP) is 3.11. The van der Waals surface area contributed by atoms with E-state index in [9.17, 15) is 5.11 Å². The number of phenols is 1. The number of rotatable bonds is 2. The molecule has 0 radical (unpaired) electrons. The molecule has 0 bridgehead atoms. The van der Waals surface area contributed by atoms with E-state index in [0.29, 0.717) is 5.75 Å². The normalized spacial score (nSPS) is 10.8. The maximum atomic E-state index is 9.45. The first-order chi connectivity index (χ1) is 5.75. The second kappa shape index (κ2) is 4.31. The standard InChI is InChI=1S/C10H11BrO/c1-8-4-2-6-10(12)9(8)5-3-7-11/h2-6,12H,7H2,1H3. The van der Waals surface area contributed by atoms with Gasteiger partial charge in [-0.3, -0.25) is 0 Å². The Bertz CT molecular complexity index is 272. The highest BCUT2D eigenvalue weighted by Gasteiger charge is 1.98. The SMILES string of the molecule is Cc1cccc(O)c1C=CCBr. The van der Waals surface area contributed by atoms with Crippen molar-refractivity contribution >= 4 is 22.0 Å². The lowest BCUT2D eigenvalue weighted by Crippen LogP contribution is -1.80. The molecule has 0 atom stereocenters. The minimum absolute atomic E-state index is 0.340. The molecule has 12 heavy (non-hydrogen) atoms. The van der Waals surface area contributed by atoms with Gasteiger partial charge < -0.3 is 5.11 Å². The molecule has 1 rings (SSSR count). The van der Waals surface area contributed by atoms with Crippen molar-refractivity contribution in [3.05, 3.63) is 35.4 Å². The van der Waals surface area contributed by atoms with Crippen LogP contribution in [-0.4, -0.2) is 10.4 Å². The third-order valence-electron chi connectivity index (χ3n) is 1.67. The lowest BCUT2D eigenvalue weighted by atomic mass is 10.1. The molecule has 0 aliphatic rings. The van der Waals surface area contributed by atoms with Crippen LogP contribution in [0.25, 0.3) is 6.08 Å². The zero-order chi connectivity index (χ0) is 8.97. The van der Waals surface area contributed by atoms with Crippen LogP contribution in [0, 0.1) is 6.92 Å². The fraction of sp³-hybridized carbons (Fsp3) is 0.200. The van der Waals surface area contributed by atoms with Gasteiger partial charge in [0.05, 0.1) is 0 Å². The summed E-state index contributed by atoms with van der Waals surface area (Å²) in [6.45, 7) is 1.98. The Morgan fingerprint density at radius 1 is 1.50 bits per heavy atom. The van der Waals surface area contributed by atoms with Crippen LogP contribution in [0.5, 0.6) is 5.75 Å². The molecule has 1 aromatic carbocycles. The molecule has 0 aliphatic heterocycles. The van der Waals surface area contributed by atoms with Crippen LogP contribution in [0.3, 0.4) is 0 Å². The van der Waals surface area contributed by atoms with Crippen molar-refractivity contribution in [1.29, 1.82) is 0 Å². The summed E-state index contributed by atoms with van der Waals surface area (Å²) in [5.74, 6) is 0.340. The van der Waals surface area contributed by atoms with Gasteiger partial charge >= 0.3 is 0 Å². The largest absolute Gasteiger partial charge is 0.507 e. The number of aryl methyl sites for hydroxylation is 1. The highest BCUT2D eigenvalue weighted by molar-refractivity contribution is 9.09. The molecule has 1 N–H and O–H groups in total. The van der Waals surface area contributed by atoms with E-state index in [1.165, 1.54) is 0 Å². The van der Waals surface area contributed by atoms with Crippen LogP contribution in [0.1, 0.15) is 11.1 Å². The van der Waals surface area contributed by atoms with E-state index in [1.807, 2.05) is 31.2 Å². The number of hydrogen-bond donors (Lipinski definition) is 1. The minimum atomic E-state index is 0.340. The number of benzene rings is 1. The Morgan fingerprint density at radius 3 is 2.83 bits per heavy atom. The molecule has 0 heterocycles. The summed E-state index contributed by atoms with van der Waals surface area (Å²) >= 11 is 3.29. The lowest BCUT2D eigenvalue weighted by Gasteiger charge is -2.01. The van der Waals surface area contributed by atoms with E-state index in [0.717, 1.165) is 16.5 Å². The Kier molecular flexibility index (Phi) is 3.35. The Balaban J connectivity index is 3.04. The van der Waals surface area contributed by atoms with Crippen LogP contribution in [0.2, 0.25) is 0 Å². The van der Waals surface area contributed by atoms with Gasteiger partial charge in [-0.1, -0.05) is 40.2 Å². The summed E-state index contributed by atoms with van der Waals surface area (Å²) in [6.07, 6.45) is 3.88. The van der Waals surface area contributed by atoms with Gasteiger partial charge in [-0.15, -0.1) is 0 Å². The Labute approximate surface area is 80.9 Å². The summed E-state index contributed by atoms with van der Waals surface area (Å²) < 4.78 is 0. The molecule has 0 spiro atoms. The molecule has 0 unspecified atom stereocenters. The van der Waals surface area contributed by atoms with Crippen LogP contribution < -0.4 is 0 Å². The van der Waals surface area contributed by atoms with Gasteiger partial charge in [-0.2, -0.15) is 0 Å². The van der Waals surface area contributed by atoms with Crippen LogP contribution in [-0.2, 0) is 0 Å². The zero-order valence-electron chi connectivity index (χ0n) is 6.92. The van der Waals surface area contributed by atoms with E-state index in [4.69, 9.17) is 0 Å². The summed E-state index contributed by atoms with van der Waals surface area (Å²) in [7, 11) is 0. The molecular formula is C10H11BrO. The molecule has 0 amide bonds. The summed E-state index contributed by atoms with van der Waals surface area (Å²) in [5, 5.41) is 10.3. The van der Waals surface area contributed by atoms with Gasteiger partial charge in [-0.25, -0.2) is 0 Å². The number of aromatic hydroxyl groups is 1. The molecular weight excluding hydrogens is 216 g/mol. The number of phenolic OH excluding ortho intramolecular Hbond substituents is 1. The third kappa shape index (κ3) is 2.11. The van der Waals surface area contributed by atoms with Crippen LogP contribution in [0.15, 0.2) is 24.3 Å². The average molecular weight is 227 g/mol. The molecule has 0 fully saturated rings. The number of hydrogen-bond acceptors (Lipinski definition) is 1. The van der Waals surface area contributed by atoms with Crippen molar-refractivity contribution in [3.63, 3.8) is 0 Å². The second-order valence-corrected chi connectivity index (χ2v) is 3.21. The van der Waals surface area contributed by atoms with Crippen molar-refractivity contribution in [2.75, 3.05) is 5.33 Å². The van der Waals surface area contributed by atoms with E-state index < -0.39 is 0 Å². The van der Waals surface area contributed by atoms with Gasteiger partial charge in [0.1, 0.15) is 5.75 Å². The predicted molar refractivity (Wildman–Crippen MR) is 55.7 cm³/mol. The van der Waals surface area contributed by atoms with E-state index >= 15 is 0 Å². The van der Waals surface area contributed by atoms with E-state index in [-0.39, 0.29) is 0 Å². The number of allylic oxidation sites excluding steroid dienone is 1. The van der Waals surface area contributed by atoms with Gasteiger partial charge in [-0.05, 0) is 18.6 Å². The first-order valence-electron chi connectivity index (χ1n) is 3.77. The van der Waals surface area contributed by atoms with Gasteiger partial charge in [0.15, 0.2) is 0 Å². The smallest absolute Gasteiger partial charge is 0.123 e. The van der Waals surface area contributed by atoms with Gasteiger partial charge in [0, 0.05) is 10.9 Å². The van der Waals surface area contributed by atoms with Crippen LogP contribution in [0.4, 0.5) is 0 Å². The number of halogens is 1. The molecule has 64 valence electrons. The summed E-state index contributed by atoms with van der Waals surface area (Å²) in [4.78, 5) is 0.